The summed E-state index contributed by atoms with van der Waals surface area (Å²) in [5.74, 6) is 2.03. The van der Waals surface area contributed by atoms with Gasteiger partial charge in [-0.1, -0.05) is 84.9 Å². The van der Waals surface area contributed by atoms with Crippen LogP contribution in [0, 0.1) is 0 Å². The van der Waals surface area contributed by atoms with Crippen molar-refractivity contribution >= 4 is 32.1 Å². The van der Waals surface area contributed by atoms with Crippen LogP contribution in [0.15, 0.2) is 161 Å². The van der Waals surface area contributed by atoms with E-state index in [1.165, 1.54) is 24.3 Å². The third-order valence-corrected chi connectivity index (χ3v) is 13.2. The van der Waals surface area contributed by atoms with Gasteiger partial charge in [-0.25, -0.2) is 0 Å². The summed E-state index contributed by atoms with van der Waals surface area (Å²) in [6, 6.07) is 42.4. The van der Waals surface area contributed by atoms with Crippen molar-refractivity contribution in [3.05, 3.63) is 174 Å². The standard InChI is InChI=1S/C25H25NO7S.C24H23NO6S/c1-30-19-13-12-18(23(14-19)31-2)15-26-16-24(32-17-25(26)27)21-10-6-7-11-22(21)33-34(28,29)20-8-4-3-5-9-20;1-29-19-13-11-18(12-14-19)15-25-16-23(30-17-24(25)26)21-9-5-6-10-22(21)31-32(27,28)20-7-3-2-4-8-20/h3-14,24H,15-17H2,1-2H3;2-14,23H,15-17H2,1H3/t24-;23-/m00/s1. The van der Waals surface area contributed by atoms with Gasteiger partial charge in [-0.2, -0.15) is 16.8 Å². The van der Waals surface area contributed by atoms with Crippen molar-refractivity contribution in [3.63, 3.8) is 0 Å². The van der Waals surface area contributed by atoms with E-state index in [-0.39, 0.29) is 59.4 Å². The molecule has 2 aliphatic rings. The Hall–Kier alpha value is -6.92. The molecule has 0 bridgehead atoms. The normalized spacial score (nSPS) is 16.4. The van der Waals surface area contributed by atoms with E-state index in [1.807, 2.05) is 30.3 Å². The molecule has 0 unspecified atom stereocenters. The fraction of sp³-hybridized carbons (Fsp3) is 0.224. The third kappa shape index (κ3) is 11.7. The molecular formula is C49H48N2O13S2. The second-order valence-electron chi connectivity index (χ2n) is 15.0. The Bertz CT molecular complexity index is 2830. The van der Waals surface area contributed by atoms with E-state index >= 15 is 0 Å². The quantitative estimate of drug-likeness (QED) is 0.0953. The van der Waals surface area contributed by atoms with E-state index in [9.17, 15) is 26.4 Å². The average Bonchev–Trinajstić information content (AvgIpc) is 3.34. The van der Waals surface area contributed by atoms with Gasteiger partial charge in [-0.15, -0.1) is 0 Å². The van der Waals surface area contributed by atoms with Crippen LogP contribution in [0.5, 0.6) is 28.7 Å². The molecule has 0 spiro atoms. The van der Waals surface area contributed by atoms with E-state index in [2.05, 4.69) is 0 Å². The number of benzene rings is 6. The maximum atomic E-state index is 12.8. The molecule has 17 heteroatoms. The Morgan fingerprint density at radius 1 is 0.500 bits per heavy atom. The van der Waals surface area contributed by atoms with E-state index in [0.717, 1.165) is 16.9 Å². The number of hydrogen-bond acceptors (Lipinski definition) is 13. The predicted molar refractivity (Wildman–Crippen MR) is 242 cm³/mol. The summed E-state index contributed by atoms with van der Waals surface area (Å²) in [6.45, 7) is 0.977. The van der Waals surface area contributed by atoms with Gasteiger partial charge in [0.05, 0.1) is 34.4 Å². The molecule has 2 fully saturated rings. The van der Waals surface area contributed by atoms with Crippen LogP contribution in [0.4, 0.5) is 0 Å². The number of para-hydroxylation sites is 2. The highest BCUT2D eigenvalue weighted by molar-refractivity contribution is 7.87. The van der Waals surface area contributed by atoms with E-state index < -0.39 is 32.4 Å². The number of morpholine rings is 2. The maximum absolute atomic E-state index is 12.8. The minimum absolute atomic E-state index is 0.0535. The van der Waals surface area contributed by atoms with Crippen LogP contribution in [0.3, 0.4) is 0 Å². The molecule has 6 aromatic carbocycles. The van der Waals surface area contributed by atoms with Gasteiger partial charge >= 0.3 is 20.2 Å². The van der Waals surface area contributed by atoms with Crippen LogP contribution in [-0.4, -0.2) is 86.1 Å². The molecule has 0 radical (unpaired) electrons. The topological polar surface area (TPSA) is 174 Å². The molecule has 15 nitrogen and oxygen atoms in total. The fourth-order valence-corrected chi connectivity index (χ4v) is 9.16. The molecule has 2 aliphatic heterocycles. The first-order valence-electron chi connectivity index (χ1n) is 20.7. The van der Waals surface area contributed by atoms with Crippen LogP contribution >= 0.6 is 0 Å². The van der Waals surface area contributed by atoms with Crippen LogP contribution < -0.4 is 22.6 Å². The lowest BCUT2D eigenvalue weighted by molar-refractivity contribution is -0.150. The molecule has 0 N–H and O–H groups in total. The lowest BCUT2D eigenvalue weighted by Gasteiger charge is -2.33. The summed E-state index contributed by atoms with van der Waals surface area (Å²) < 4.78 is 89.3. The molecule has 0 aliphatic carbocycles. The number of methoxy groups -OCH3 is 3. The van der Waals surface area contributed by atoms with Gasteiger partial charge in [0.25, 0.3) is 0 Å². The fourth-order valence-electron chi connectivity index (χ4n) is 7.21. The third-order valence-electron chi connectivity index (χ3n) is 10.7. The summed E-state index contributed by atoms with van der Waals surface area (Å²) in [4.78, 5) is 28.5. The molecule has 8 rings (SSSR count). The molecular weight excluding hydrogens is 889 g/mol. The van der Waals surface area contributed by atoms with Crippen molar-refractivity contribution in [2.75, 3.05) is 47.6 Å². The van der Waals surface area contributed by atoms with Crippen molar-refractivity contribution in [2.45, 2.75) is 35.1 Å². The zero-order chi connectivity index (χ0) is 46.7. The minimum atomic E-state index is -4.03. The second-order valence-corrected chi connectivity index (χ2v) is 18.0. The summed E-state index contributed by atoms with van der Waals surface area (Å²) >= 11 is 0. The zero-order valence-electron chi connectivity index (χ0n) is 36.3. The second kappa shape index (κ2) is 21.4. The van der Waals surface area contributed by atoms with E-state index in [1.54, 1.807) is 128 Å². The minimum Gasteiger partial charge on any atom is -0.497 e. The highest BCUT2D eigenvalue weighted by Gasteiger charge is 2.32. The van der Waals surface area contributed by atoms with Gasteiger partial charge in [0.1, 0.15) is 64.0 Å². The van der Waals surface area contributed by atoms with Crippen molar-refractivity contribution in [1.29, 1.82) is 0 Å². The highest BCUT2D eigenvalue weighted by Crippen LogP contribution is 2.35. The molecule has 0 aromatic heterocycles. The largest absolute Gasteiger partial charge is 0.497 e. The Morgan fingerprint density at radius 2 is 0.939 bits per heavy atom. The number of nitrogens with zero attached hydrogens (tertiary/aromatic N) is 2. The molecule has 2 atom stereocenters. The first-order chi connectivity index (χ1) is 31.9. The van der Waals surface area contributed by atoms with Gasteiger partial charge in [0, 0.05) is 35.8 Å². The average molecular weight is 937 g/mol. The van der Waals surface area contributed by atoms with Crippen molar-refractivity contribution in [3.8, 4) is 28.7 Å². The first kappa shape index (κ1) is 47.1. The van der Waals surface area contributed by atoms with Gasteiger partial charge in [0.15, 0.2) is 0 Å². The lowest BCUT2D eigenvalue weighted by atomic mass is 10.1. The van der Waals surface area contributed by atoms with Gasteiger partial charge in [-0.05, 0) is 66.2 Å². The van der Waals surface area contributed by atoms with Gasteiger partial charge < -0.3 is 41.9 Å². The molecule has 344 valence electrons. The monoisotopic (exact) mass is 936 g/mol. The number of ether oxygens (including phenoxy) is 5. The van der Waals surface area contributed by atoms with E-state index in [0.29, 0.717) is 35.7 Å². The number of carbonyl (C=O) groups excluding carboxylic acids is 2. The van der Waals surface area contributed by atoms with Crippen LogP contribution in [0.25, 0.3) is 0 Å². The summed E-state index contributed by atoms with van der Waals surface area (Å²) in [6.07, 6.45) is -1.09. The number of amides is 2. The number of carbonyl (C=O) groups is 2. The van der Waals surface area contributed by atoms with Crippen molar-refractivity contribution in [2.24, 2.45) is 0 Å². The van der Waals surface area contributed by atoms with E-state index in [4.69, 9.17) is 32.1 Å². The van der Waals surface area contributed by atoms with Crippen molar-refractivity contribution < 1.29 is 58.5 Å². The molecule has 6 aromatic rings. The Kier molecular flexibility index (Phi) is 15.2. The summed E-state index contributed by atoms with van der Waals surface area (Å²) in [5, 5.41) is 0. The van der Waals surface area contributed by atoms with Crippen molar-refractivity contribution in [1.82, 2.24) is 9.80 Å². The Balaban J connectivity index is 0.000000197. The molecule has 2 saturated heterocycles. The zero-order valence-corrected chi connectivity index (χ0v) is 38.0. The highest BCUT2D eigenvalue weighted by atomic mass is 32.2. The molecule has 2 amide bonds. The SMILES string of the molecule is COc1ccc(CN2C[C@@H](c3ccccc3OS(=O)(=O)c3ccccc3)OCC2=O)c(OC)c1.COc1ccc(CN2C[C@@H](c3ccccc3OS(=O)(=O)c3ccccc3)OCC2=O)cc1. The predicted octanol–water partition coefficient (Wildman–Crippen LogP) is 7.13. The number of hydrogen-bond donors (Lipinski definition) is 0. The number of rotatable bonds is 15. The maximum Gasteiger partial charge on any atom is 0.339 e. The summed E-state index contributed by atoms with van der Waals surface area (Å²) in [7, 11) is -3.30. The lowest BCUT2D eigenvalue weighted by Crippen LogP contribution is -2.42. The summed E-state index contributed by atoms with van der Waals surface area (Å²) in [5.41, 5.74) is 2.88. The Morgan fingerprint density at radius 3 is 1.41 bits per heavy atom. The first-order valence-corrected chi connectivity index (χ1v) is 23.5. The molecule has 2 heterocycles. The van der Waals surface area contributed by atoms with Crippen LogP contribution in [-0.2, 0) is 52.4 Å². The smallest absolute Gasteiger partial charge is 0.339 e. The molecule has 66 heavy (non-hydrogen) atoms. The van der Waals surface area contributed by atoms with Gasteiger partial charge in [0.2, 0.25) is 11.8 Å². The molecule has 0 saturated carbocycles. The Labute approximate surface area is 384 Å². The van der Waals surface area contributed by atoms with Gasteiger partial charge in [-0.3, -0.25) is 9.59 Å². The van der Waals surface area contributed by atoms with Crippen LogP contribution in [0.2, 0.25) is 0 Å². The van der Waals surface area contributed by atoms with Crippen LogP contribution in [0.1, 0.15) is 34.5 Å².